The van der Waals surface area contributed by atoms with Crippen molar-refractivity contribution in [3.63, 3.8) is 0 Å². The summed E-state index contributed by atoms with van der Waals surface area (Å²) in [5.41, 5.74) is 0.859. The van der Waals surface area contributed by atoms with Gasteiger partial charge in [-0.3, -0.25) is 0 Å². The first-order chi connectivity index (χ1) is 11.9. The maximum atomic E-state index is 14.3. The fourth-order valence-electron chi connectivity index (χ4n) is 3.19. The first-order valence-electron chi connectivity index (χ1n) is 8.17. The monoisotopic (exact) mass is 366 g/mol. The van der Waals surface area contributed by atoms with Gasteiger partial charge in [0.05, 0.1) is 16.6 Å². The Morgan fingerprint density at radius 2 is 1.92 bits per heavy atom. The second-order valence-electron chi connectivity index (χ2n) is 6.11. The molecule has 2 aromatic carbocycles. The Kier molecular flexibility index (Phi) is 5.06. The van der Waals surface area contributed by atoms with E-state index in [2.05, 4.69) is 5.32 Å². The van der Waals surface area contributed by atoms with Gasteiger partial charge in [0.2, 0.25) is 10.0 Å². The Hall–Kier alpha value is -1.99. The molecule has 0 spiro atoms. The third-order valence-electron chi connectivity index (χ3n) is 4.41. The normalized spacial score (nSPS) is 18.8. The van der Waals surface area contributed by atoms with Gasteiger partial charge < -0.3 is 5.32 Å². The lowest BCUT2D eigenvalue weighted by atomic mass is 10.0. The van der Waals surface area contributed by atoms with E-state index in [9.17, 15) is 17.2 Å². The van der Waals surface area contributed by atoms with Crippen LogP contribution in [-0.4, -0.2) is 27.3 Å². The van der Waals surface area contributed by atoms with Crippen LogP contribution >= 0.6 is 0 Å². The SMILES string of the molecule is CNCCC[C@H]1Cc2cc(F)ccc2N(c2ccccc2F)S1(=O)=O. The van der Waals surface area contributed by atoms with Crippen LogP contribution in [0.4, 0.5) is 20.2 Å². The van der Waals surface area contributed by atoms with Gasteiger partial charge in [-0.2, -0.15) is 0 Å². The number of nitrogens with one attached hydrogen (secondary N) is 1. The summed E-state index contributed by atoms with van der Waals surface area (Å²) in [5, 5.41) is 2.27. The van der Waals surface area contributed by atoms with E-state index in [4.69, 9.17) is 0 Å². The average Bonchev–Trinajstić information content (AvgIpc) is 2.57. The first-order valence-corrected chi connectivity index (χ1v) is 9.67. The minimum absolute atomic E-state index is 0.0336. The number of para-hydroxylation sites is 1. The average molecular weight is 366 g/mol. The number of hydrogen-bond acceptors (Lipinski definition) is 3. The third-order valence-corrected chi connectivity index (χ3v) is 6.55. The lowest BCUT2D eigenvalue weighted by molar-refractivity contribution is 0.550. The Morgan fingerprint density at radius 3 is 2.64 bits per heavy atom. The van der Waals surface area contributed by atoms with Gasteiger partial charge in [-0.25, -0.2) is 21.5 Å². The summed E-state index contributed by atoms with van der Waals surface area (Å²) in [6, 6.07) is 9.67. The topological polar surface area (TPSA) is 49.4 Å². The molecule has 1 aliphatic rings. The molecular formula is C18H20F2N2O2S. The third kappa shape index (κ3) is 3.39. The van der Waals surface area contributed by atoms with Crippen LogP contribution < -0.4 is 9.62 Å². The standard InChI is InChI=1S/C18H20F2N2O2S/c1-21-10-4-5-15-12-13-11-14(19)8-9-17(13)22(25(15,23)24)18-7-3-2-6-16(18)20/h2-3,6-9,11,15,21H,4-5,10,12H2,1H3/t15-/m0/s1. The number of halogens is 2. The molecule has 134 valence electrons. The summed E-state index contributed by atoms with van der Waals surface area (Å²) in [4.78, 5) is 0. The van der Waals surface area contributed by atoms with Crippen LogP contribution in [0.5, 0.6) is 0 Å². The minimum Gasteiger partial charge on any atom is -0.320 e. The van der Waals surface area contributed by atoms with Crippen LogP contribution in [0.25, 0.3) is 0 Å². The minimum atomic E-state index is -3.80. The molecular weight excluding hydrogens is 346 g/mol. The van der Waals surface area contributed by atoms with Crippen molar-refractivity contribution in [2.45, 2.75) is 24.5 Å². The van der Waals surface area contributed by atoms with Crippen LogP contribution in [0.2, 0.25) is 0 Å². The van der Waals surface area contributed by atoms with Crippen molar-refractivity contribution in [3.05, 3.63) is 59.7 Å². The van der Waals surface area contributed by atoms with E-state index in [1.807, 2.05) is 0 Å². The number of anilines is 2. The van der Waals surface area contributed by atoms with Crippen molar-refractivity contribution in [3.8, 4) is 0 Å². The van der Waals surface area contributed by atoms with Gasteiger partial charge in [0.15, 0.2) is 0 Å². The van der Waals surface area contributed by atoms with Gasteiger partial charge in [-0.15, -0.1) is 0 Å². The fraction of sp³-hybridized carbons (Fsp3) is 0.333. The Balaban J connectivity index is 2.12. The zero-order valence-corrected chi connectivity index (χ0v) is 14.7. The van der Waals surface area contributed by atoms with Gasteiger partial charge in [0.25, 0.3) is 0 Å². The highest BCUT2D eigenvalue weighted by molar-refractivity contribution is 7.93. The van der Waals surface area contributed by atoms with E-state index < -0.39 is 26.9 Å². The second kappa shape index (κ2) is 7.09. The van der Waals surface area contributed by atoms with Crippen molar-refractivity contribution in [1.82, 2.24) is 5.32 Å². The van der Waals surface area contributed by atoms with Crippen molar-refractivity contribution < 1.29 is 17.2 Å². The Morgan fingerprint density at radius 1 is 1.16 bits per heavy atom. The molecule has 0 bridgehead atoms. The summed E-state index contributed by atoms with van der Waals surface area (Å²) in [6.07, 6.45) is 1.31. The highest BCUT2D eigenvalue weighted by atomic mass is 32.2. The summed E-state index contributed by atoms with van der Waals surface area (Å²) >= 11 is 0. The molecule has 1 aliphatic heterocycles. The zero-order chi connectivity index (χ0) is 18.0. The molecule has 0 saturated carbocycles. The number of hydrogen-bond donors (Lipinski definition) is 1. The lowest BCUT2D eigenvalue weighted by Crippen LogP contribution is -2.42. The smallest absolute Gasteiger partial charge is 0.242 e. The molecule has 25 heavy (non-hydrogen) atoms. The highest BCUT2D eigenvalue weighted by Crippen LogP contribution is 2.41. The molecule has 0 amide bonds. The van der Waals surface area contributed by atoms with Gasteiger partial charge in [-0.05, 0) is 68.8 Å². The van der Waals surface area contributed by atoms with Crippen LogP contribution in [0.3, 0.4) is 0 Å². The van der Waals surface area contributed by atoms with Crippen LogP contribution in [0.15, 0.2) is 42.5 Å². The van der Waals surface area contributed by atoms with Crippen LogP contribution in [-0.2, 0) is 16.4 Å². The molecule has 0 aromatic heterocycles. The van der Waals surface area contributed by atoms with Gasteiger partial charge in [0, 0.05) is 0 Å². The van der Waals surface area contributed by atoms with Gasteiger partial charge in [-0.1, -0.05) is 12.1 Å². The maximum absolute atomic E-state index is 14.3. The summed E-state index contributed by atoms with van der Waals surface area (Å²) < 4.78 is 55.3. The van der Waals surface area contributed by atoms with E-state index in [-0.39, 0.29) is 12.1 Å². The summed E-state index contributed by atoms with van der Waals surface area (Å²) in [7, 11) is -2.01. The quantitative estimate of drug-likeness (QED) is 0.826. The molecule has 0 aliphatic carbocycles. The van der Waals surface area contributed by atoms with Crippen molar-refractivity contribution >= 4 is 21.4 Å². The Bertz CT molecular complexity index is 871. The molecule has 1 atom stereocenters. The van der Waals surface area contributed by atoms with Crippen LogP contribution in [0.1, 0.15) is 18.4 Å². The van der Waals surface area contributed by atoms with E-state index in [0.29, 0.717) is 30.6 Å². The largest absolute Gasteiger partial charge is 0.320 e. The van der Waals surface area contributed by atoms with E-state index >= 15 is 0 Å². The number of sulfonamides is 1. The molecule has 4 nitrogen and oxygen atoms in total. The summed E-state index contributed by atoms with van der Waals surface area (Å²) in [6.45, 7) is 0.682. The molecule has 2 aromatic rings. The summed E-state index contributed by atoms with van der Waals surface area (Å²) in [5.74, 6) is -1.06. The Labute approximate surface area is 146 Å². The van der Waals surface area contributed by atoms with Crippen molar-refractivity contribution in [1.29, 1.82) is 0 Å². The van der Waals surface area contributed by atoms with E-state index in [1.54, 1.807) is 13.1 Å². The molecule has 0 fully saturated rings. The first kappa shape index (κ1) is 17.8. The molecule has 7 heteroatoms. The zero-order valence-electron chi connectivity index (χ0n) is 13.9. The predicted molar refractivity (Wildman–Crippen MR) is 94.5 cm³/mol. The number of benzene rings is 2. The molecule has 0 unspecified atom stereocenters. The van der Waals surface area contributed by atoms with Crippen molar-refractivity contribution in [2.75, 3.05) is 17.9 Å². The molecule has 3 rings (SSSR count). The van der Waals surface area contributed by atoms with Gasteiger partial charge in [0.1, 0.15) is 11.6 Å². The second-order valence-corrected chi connectivity index (χ2v) is 8.17. The molecule has 0 saturated heterocycles. The molecule has 0 radical (unpaired) electrons. The van der Waals surface area contributed by atoms with Gasteiger partial charge >= 0.3 is 0 Å². The number of nitrogens with zero attached hydrogens (tertiary/aromatic N) is 1. The fourth-order valence-corrected chi connectivity index (χ4v) is 5.22. The maximum Gasteiger partial charge on any atom is 0.242 e. The van der Waals surface area contributed by atoms with Crippen LogP contribution in [0, 0.1) is 11.6 Å². The lowest BCUT2D eigenvalue weighted by Gasteiger charge is -2.35. The number of fused-ring (bicyclic) bond motifs is 1. The number of rotatable bonds is 5. The van der Waals surface area contributed by atoms with E-state index in [1.165, 1.54) is 36.4 Å². The highest BCUT2D eigenvalue weighted by Gasteiger charge is 2.40. The van der Waals surface area contributed by atoms with E-state index in [0.717, 1.165) is 4.31 Å². The van der Waals surface area contributed by atoms with Crippen molar-refractivity contribution in [2.24, 2.45) is 0 Å². The molecule has 1 N–H and O–H groups in total. The molecule has 1 heterocycles. The predicted octanol–water partition coefficient (Wildman–Crippen LogP) is 3.36.